The second-order valence-electron chi connectivity index (χ2n) is 8.66. The number of imidazole rings is 1. The van der Waals surface area contributed by atoms with Crippen molar-refractivity contribution in [1.29, 1.82) is 0 Å². The van der Waals surface area contributed by atoms with Crippen LogP contribution in [0.25, 0.3) is 11.0 Å². The van der Waals surface area contributed by atoms with Gasteiger partial charge in [-0.1, -0.05) is 41.0 Å². The van der Waals surface area contributed by atoms with E-state index in [0.29, 0.717) is 11.4 Å². The van der Waals surface area contributed by atoms with Crippen molar-refractivity contribution in [1.82, 2.24) is 14.5 Å². The Labute approximate surface area is 171 Å². The Bertz CT molecular complexity index is 1130. The minimum atomic E-state index is -3.85. The molecular weight excluding hydrogens is 389 g/mol. The lowest BCUT2D eigenvalue weighted by atomic mass is 9.95. The maximum Gasteiger partial charge on any atom is 0.214 e. The van der Waals surface area contributed by atoms with Gasteiger partial charge in [-0.3, -0.25) is 0 Å². The smallest absolute Gasteiger partial charge is 0.214 e. The Kier molecular flexibility index (Phi) is 5.81. The first-order valence-corrected chi connectivity index (χ1v) is 11.4. The van der Waals surface area contributed by atoms with E-state index in [1.165, 1.54) is 6.07 Å². The Morgan fingerprint density at radius 2 is 1.83 bits per heavy atom. The van der Waals surface area contributed by atoms with Crippen molar-refractivity contribution in [2.45, 2.75) is 69.2 Å². The van der Waals surface area contributed by atoms with Crippen molar-refractivity contribution in [3.8, 4) is 0 Å². The molecule has 7 heteroatoms. The monoisotopic (exact) mass is 417 g/mol. The number of fused-ring (bicyclic) bond motifs is 1. The number of nitrogens with zero attached hydrogens (tertiary/aromatic N) is 3. The second-order valence-corrected chi connectivity index (χ2v) is 10.6. The van der Waals surface area contributed by atoms with Crippen LogP contribution in [0.5, 0.6) is 0 Å². The van der Waals surface area contributed by atoms with Crippen LogP contribution in [0.4, 0.5) is 4.39 Å². The molecule has 1 unspecified atom stereocenters. The van der Waals surface area contributed by atoms with Gasteiger partial charge in [-0.15, -0.1) is 0 Å². The third-order valence-electron chi connectivity index (χ3n) is 4.98. The van der Waals surface area contributed by atoms with E-state index in [1.54, 1.807) is 18.2 Å². The van der Waals surface area contributed by atoms with Crippen LogP contribution in [0.2, 0.25) is 0 Å². The summed E-state index contributed by atoms with van der Waals surface area (Å²) in [4.78, 5) is 8.21. The molecule has 2 heterocycles. The predicted octanol–water partition coefficient (Wildman–Crippen LogP) is 5.14. The summed E-state index contributed by atoms with van der Waals surface area (Å²) < 4.78 is 41.6. The fourth-order valence-corrected chi connectivity index (χ4v) is 4.90. The van der Waals surface area contributed by atoms with Crippen LogP contribution in [0, 0.1) is 11.9 Å². The zero-order chi connectivity index (χ0) is 21.4. The van der Waals surface area contributed by atoms with E-state index in [-0.39, 0.29) is 15.2 Å². The van der Waals surface area contributed by atoms with Crippen molar-refractivity contribution in [3.63, 3.8) is 0 Å². The van der Waals surface area contributed by atoms with Gasteiger partial charge in [-0.05, 0) is 36.6 Å². The molecule has 0 aliphatic carbocycles. The number of hydrogen-bond acceptors (Lipinski definition) is 4. The van der Waals surface area contributed by atoms with Gasteiger partial charge in [0.25, 0.3) is 0 Å². The number of pyridine rings is 1. The average molecular weight is 418 g/mol. The van der Waals surface area contributed by atoms with Gasteiger partial charge in [0.15, 0.2) is 0 Å². The molecule has 3 aromatic rings. The molecule has 0 N–H and O–H groups in total. The van der Waals surface area contributed by atoms with Gasteiger partial charge >= 0.3 is 0 Å². The van der Waals surface area contributed by atoms with Gasteiger partial charge in [-0.25, -0.2) is 18.4 Å². The fraction of sp³-hybridized carbons (Fsp3) is 0.455. The number of aromatic nitrogens is 3. The van der Waals surface area contributed by atoms with Crippen molar-refractivity contribution in [2.75, 3.05) is 0 Å². The highest BCUT2D eigenvalue weighted by molar-refractivity contribution is 7.91. The third kappa shape index (κ3) is 4.34. The fourth-order valence-electron chi connectivity index (χ4n) is 3.62. The third-order valence-corrected chi connectivity index (χ3v) is 6.73. The first kappa shape index (κ1) is 21.4. The molecule has 0 saturated carbocycles. The van der Waals surface area contributed by atoms with Gasteiger partial charge in [0, 0.05) is 24.2 Å². The van der Waals surface area contributed by atoms with Gasteiger partial charge in [0.1, 0.15) is 5.82 Å². The highest BCUT2D eigenvalue weighted by atomic mass is 32.2. The van der Waals surface area contributed by atoms with Crippen LogP contribution < -0.4 is 0 Å². The lowest BCUT2D eigenvalue weighted by Gasteiger charge is -2.22. The summed E-state index contributed by atoms with van der Waals surface area (Å²) in [5, 5.41) is 0. The van der Waals surface area contributed by atoms with E-state index in [9.17, 15) is 12.8 Å². The van der Waals surface area contributed by atoms with Gasteiger partial charge < -0.3 is 4.57 Å². The molecule has 2 aromatic heterocycles. The summed E-state index contributed by atoms with van der Waals surface area (Å²) in [6, 6.07) is 7.20. The minimum Gasteiger partial charge on any atom is -0.327 e. The molecule has 0 saturated heterocycles. The molecule has 29 heavy (non-hydrogen) atoms. The molecule has 3 rings (SSSR count). The highest BCUT2D eigenvalue weighted by Gasteiger charge is 2.25. The standard InChI is InChI=1S/C22H28FN3O2S/c1-6-7-15(2)14-26-19-9-8-16(12-18(19)25-21(26)22(3,4)5)29(27,28)17-10-11-24-20(23)13-17/h8-13,15H,6-7,14H2,1-5H3. The summed E-state index contributed by atoms with van der Waals surface area (Å²) in [5.74, 6) is 0.595. The van der Waals surface area contributed by atoms with E-state index in [1.807, 2.05) is 0 Å². The van der Waals surface area contributed by atoms with Crippen molar-refractivity contribution >= 4 is 20.9 Å². The Balaban J connectivity index is 2.13. The minimum absolute atomic E-state index is 0.0994. The van der Waals surface area contributed by atoms with Crippen molar-refractivity contribution < 1.29 is 12.8 Å². The molecule has 0 radical (unpaired) electrons. The van der Waals surface area contributed by atoms with E-state index in [0.717, 1.165) is 43.0 Å². The van der Waals surface area contributed by atoms with E-state index in [2.05, 4.69) is 44.2 Å². The lowest BCUT2D eigenvalue weighted by Crippen LogP contribution is -2.21. The number of sulfone groups is 1. The largest absolute Gasteiger partial charge is 0.327 e. The molecule has 156 valence electrons. The van der Waals surface area contributed by atoms with Gasteiger partial charge in [-0.2, -0.15) is 4.39 Å². The Morgan fingerprint density at radius 3 is 2.45 bits per heavy atom. The lowest BCUT2D eigenvalue weighted by molar-refractivity contribution is 0.417. The normalized spacial score (nSPS) is 13.7. The maximum absolute atomic E-state index is 13.4. The molecule has 0 amide bonds. The predicted molar refractivity (Wildman–Crippen MR) is 112 cm³/mol. The van der Waals surface area contributed by atoms with Crippen LogP contribution >= 0.6 is 0 Å². The zero-order valence-corrected chi connectivity index (χ0v) is 18.4. The maximum atomic E-state index is 13.4. The number of rotatable bonds is 6. The first-order valence-electron chi connectivity index (χ1n) is 9.91. The van der Waals surface area contributed by atoms with Gasteiger partial charge in [0.2, 0.25) is 15.8 Å². The molecule has 5 nitrogen and oxygen atoms in total. The average Bonchev–Trinajstić information content (AvgIpc) is 3.00. The zero-order valence-electron chi connectivity index (χ0n) is 17.6. The molecule has 0 fully saturated rings. The Hall–Kier alpha value is -2.28. The molecule has 0 aliphatic rings. The van der Waals surface area contributed by atoms with Gasteiger partial charge in [0.05, 0.1) is 20.8 Å². The molecule has 0 bridgehead atoms. The van der Waals surface area contributed by atoms with Crippen LogP contribution in [0.3, 0.4) is 0 Å². The van der Waals surface area contributed by atoms with Crippen molar-refractivity contribution in [3.05, 3.63) is 48.3 Å². The van der Waals surface area contributed by atoms with Crippen LogP contribution in [-0.4, -0.2) is 23.0 Å². The quantitative estimate of drug-likeness (QED) is 0.521. The number of benzene rings is 1. The summed E-state index contributed by atoms with van der Waals surface area (Å²) >= 11 is 0. The van der Waals surface area contributed by atoms with Crippen molar-refractivity contribution in [2.24, 2.45) is 5.92 Å². The number of halogens is 1. The summed E-state index contributed by atoms with van der Waals surface area (Å²) in [6.45, 7) is 11.5. The van der Waals surface area contributed by atoms with Crippen LogP contribution in [0.1, 0.15) is 53.3 Å². The van der Waals surface area contributed by atoms with E-state index in [4.69, 9.17) is 4.98 Å². The topological polar surface area (TPSA) is 64.8 Å². The summed E-state index contributed by atoms with van der Waals surface area (Å²) in [7, 11) is -3.85. The molecule has 0 aliphatic heterocycles. The van der Waals surface area contributed by atoms with Crippen LogP contribution in [-0.2, 0) is 21.8 Å². The first-order chi connectivity index (χ1) is 13.5. The Morgan fingerprint density at radius 1 is 1.14 bits per heavy atom. The van der Waals surface area contributed by atoms with Crippen LogP contribution in [0.15, 0.2) is 46.3 Å². The summed E-state index contributed by atoms with van der Waals surface area (Å²) in [6.07, 6.45) is 3.38. The molecular formula is C22H28FN3O2S. The second kappa shape index (κ2) is 7.86. The number of hydrogen-bond donors (Lipinski definition) is 0. The SMILES string of the molecule is CCCC(C)Cn1c(C(C)(C)C)nc2cc(S(=O)(=O)c3ccnc(F)c3)ccc21. The molecule has 1 aromatic carbocycles. The van der Waals surface area contributed by atoms with E-state index >= 15 is 0 Å². The van der Waals surface area contributed by atoms with E-state index < -0.39 is 15.8 Å². The molecule has 0 spiro atoms. The highest BCUT2D eigenvalue weighted by Crippen LogP contribution is 2.30. The molecule has 1 atom stereocenters. The summed E-state index contributed by atoms with van der Waals surface area (Å²) in [5.41, 5.74) is 1.37.